The lowest BCUT2D eigenvalue weighted by Crippen LogP contribution is -2.46. The van der Waals surface area contributed by atoms with E-state index in [1.165, 1.54) is 17.0 Å². The van der Waals surface area contributed by atoms with E-state index in [0.29, 0.717) is 19.5 Å². The lowest BCUT2D eigenvalue weighted by molar-refractivity contribution is -0.153. The molecule has 33 heavy (non-hydrogen) atoms. The van der Waals surface area contributed by atoms with Crippen LogP contribution in [0.3, 0.4) is 0 Å². The van der Waals surface area contributed by atoms with Crippen LogP contribution < -0.4 is 0 Å². The van der Waals surface area contributed by atoms with Gasteiger partial charge in [0.15, 0.2) is 6.35 Å². The highest BCUT2D eigenvalue weighted by Crippen LogP contribution is 2.38. The normalized spacial score (nSPS) is 20.8. The van der Waals surface area contributed by atoms with Crippen molar-refractivity contribution in [3.05, 3.63) is 71.2 Å². The van der Waals surface area contributed by atoms with Gasteiger partial charge in [-0.25, -0.2) is 9.29 Å². The van der Waals surface area contributed by atoms with Crippen LogP contribution in [0.2, 0.25) is 0 Å². The number of aliphatic carboxylic acids is 1. The number of halogens is 1. The summed E-state index contributed by atoms with van der Waals surface area (Å²) in [5.74, 6) is -1.56. The third-order valence-electron chi connectivity index (χ3n) is 6.87. The molecule has 1 aromatic heterocycles. The molecule has 1 unspecified atom stereocenters. The first-order valence-electron chi connectivity index (χ1n) is 11.0. The first-order chi connectivity index (χ1) is 15.7. The number of aliphatic hydroxyl groups excluding tert-OH is 1. The maximum Gasteiger partial charge on any atom is 0.310 e. The standard InChI is InChI=1S/C25H26FN3O4/c1-25(2,23(31)32)14-29-22(30)20-11-18-17-5-3-4-6-19(17)27(21(18)13-28(20)24(29)33)12-15-7-9-16(26)10-8-15/h3-10,20,24,33H,11-14H2,1-2H3,(H,31,32)/t20-,24?/m0/s1. The molecule has 2 atom stereocenters. The first kappa shape index (κ1) is 21.6. The molecule has 3 heterocycles. The van der Waals surface area contributed by atoms with Crippen molar-refractivity contribution in [3.63, 3.8) is 0 Å². The van der Waals surface area contributed by atoms with Gasteiger partial charge in [0.2, 0.25) is 5.91 Å². The van der Waals surface area contributed by atoms with Gasteiger partial charge in [-0.15, -0.1) is 0 Å². The van der Waals surface area contributed by atoms with E-state index < -0.39 is 23.8 Å². The highest BCUT2D eigenvalue weighted by molar-refractivity contribution is 5.90. The molecule has 2 aliphatic rings. The summed E-state index contributed by atoms with van der Waals surface area (Å²) in [6.45, 7) is 3.91. The molecule has 0 radical (unpaired) electrons. The van der Waals surface area contributed by atoms with Gasteiger partial charge in [0, 0.05) is 36.2 Å². The Balaban J connectivity index is 1.52. The number of fused-ring (bicyclic) bond motifs is 4. The monoisotopic (exact) mass is 451 g/mol. The third-order valence-corrected chi connectivity index (χ3v) is 6.87. The Hall–Kier alpha value is -3.23. The average molecular weight is 451 g/mol. The minimum atomic E-state index is -1.19. The van der Waals surface area contributed by atoms with Crippen LogP contribution in [0.4, 0.5) is 4.39 Å². The number of carboxylic acids is 1. The number of hydrogen-bond acceptors (Lipinski definition) is 4. The third kappa shape index (κ3) is 3.50. The Labute approximate surface area is 190 Å². The van der Waals surface area contributed by atoms with E-state index in [4.69, 9.17) is 0 Å². The molecule has 0 aliphatic carbocycles. The molecular weight excluding hydrogens is 425 g/mol. The molecule has 1 saturated heterocycles. The Morgan fingerprint density at radius 1 is 1.15 bits per heavy atom. The molecule has 1 fully saturated rings. The molecule has 5 rings (SSSR count). The maximum atomic E-state index is 13.4. The summed E-state index contributed by atoms with van der Waals surface area (Å²) >= 11 is 0. The van der Waals surface area contributed by atoms with Gasteiger partial charge in [-0.1, -0.05) is 30.3 Å². The van der Waals surface area contributed by atoms with E-state index in [0.717, 1.165) is 27.7 Å². The summed E-state index contributed by atoms with van der Waals surface area (Å²) in [5.41, 5.74) is 2.86. The summed E-state index contributed by atoms with van der Waals surface area (Å²) in [4.78, 5) is 27.8. The molecular formula is C25H26FN3O4. The number of carboxylic acid groups (broad SMARTS) is 1. The molecule has 0 saturated carbocycles. The van der Waals surface area contributed by atoms with Crippen LogP contribution in [0.25, 0.3) is 10.9 Å². The number of benzene rings is 2. The van der Waals surface area contributed by atoms with Crippen molar-refractivity contribution in [2.75, 3.05) is 6.54 Å². The van der Waals surface area contributed by atoms with Crippen molar-refractivity contribution < 1.29 is 24.2 Å². The van der Waals surface area contributed by atoms with Crippen LogP contribution in [-0.2, 0) is 29.1 Å². The Bertz CT molecular complexity index is 1250. The Morgan fingerprint density at radius 2 is 1.85 bits per heavy atom. The minimum absolute atomic E-state index is 0.0735. The lowest BCUT2D eigenvalue weighted by atomic mass is 9.93. The highest BCUT2D eigenvalue weighted by Gasteiger charge is 2.50. The van der Waals surface area contributed by atoms with Crippen LogP contribution in [-0.4, -0.2) is 55.4 Å². The quantitative estimate of drug-likeness (QED) is 0.623. The SMILES string of the molecule is CC(C)(CN1C(=O)[C@@H]2Cc3c(n(Cc4ccc(F)cc4)c4ccccc34)CN2C1O)C(=O)O. The predicted octanol–water partition coefficient (Wildman–Crippen LogP) is 2.78. The second kappa shape index (κ2) is 7.67. The fourth-order valence-electron chi connectivity index (χ4n) is 4.99. The molecule has 172 valence electrons. The molecule has 8 heteroatoms. The van der Waals surface area contributed by atoms with Gasteiger partial charge in [-0.05, 0) is 49.6 Å². The number of aliphatic hydroxyl groups is 1. The fourth-order valence-corrected chi connectivity index (χ4v) is 4.99. The van der Waals surface area contributed by atoms with Crippen molar-refractivity contribution in [2.45, 2.75) is 45.8 Å². The van der Waals surface area contributed by atoms with Crippen LogP contribution in [0.15, 0.2) is 48.5 Å². The van der Waals surface area contributed by atoms with Gasteiger partial charge in [0.05, 0.1) is 11.5 Å². The topological polar surface area (TPSA) is 86.0 Å². The molecule has 0 bridgehead atoms. The van der Waals surface area contributed by atoms with E-state index >= 15 is 0 Å². The molecule has 3 aromatic rings. The van der Waals surface area contributed by atoms with Crippen molar-refractivity contribution in [2.24, 2.45) is 5.41 Å². The summed E-state index contributed by atoms with van der Waals surface area (Å²) in [6.07, 6.45) is -0.752. The summed E-state index contributed by atoms with van der Waals surface area (Å²) < 4.78 is 15.6. The average Bonchev–Trinajstić information content (AvgIpc) is 3.21. The van der Waals surface area contributed by atoms with Gasteiger partial charge < -0.3 is 19.7 Å². The number of amides is 1. The molecule has 7 nitrogen and oxygen atoms in total. The number of carbonyl (C=O) groups excluding carboxylic acids is 1. The number of rotatable bonds is 5. The highest BCUT2D eigenvalue weighted by atomic mass is 19.1. The van der Waals surface area contributed by atoms with E-state index in [2.05, 4.69) is 4.57 Å². The largest absolute Gasteiger partial charge is 0.481 e. The van der Waals surface area contributed by atoms with Crippen LogP contribution in [0.5, 0.6) is 0 Å². The molecule has 0 spiro atoms. The number of aromatic nitrogens is 1. The zero-order chi connectivity index (χ0) is 23.5. The van der Waals surface area contributed by atoms with Gasteiger partial charge in [0.25, 0.3) is 0 Å². The van der Waals surface area contributed by atoms with Crippen LogP contribution in [0, 0.1) is 11.2 Å². The maximum absolute atomic E-state index is 13.4. The zero-order valence-corrected chi connectivity index (χ0v) is 18.5. The Kier molecular flexibility index (Phi) is 5.02. The van der Waals surface area contributed by atoms with Crippen molar-refractivity contribution in [3.8, 4) is 0 Å². The van der Waals surface area contributed by atoms with Gasteiger partial charge in [0.1, 0.15) is 5.82 Å². The summed E-state index contributed by atoms with van der Waals surface area (Å²) in [7, 11) is 0. The zero-order valence-electron chi connectivity index (χ0n) is 18.5. The number of carbonyl (C=O) groups is 2. The predicted molar refractivity (Wildman–Crippen MR) is 120 cm³/mol. The first-order valence-corrected chi connectivity index (χ1v) is 11.0. The van der Waals surface area contributed by atoms with Crippen molar-refractivity contribution >= 4 is 22.8 Å². The van der Waals surface area contributed by atoms with E-state index in [-0.39, 0.29) is 18.3 Å². The lowest BCUT2D eigenvalue weighted by Gasteiger charge is -2.32. The van der Waals surface area contributed by atoms with Crippen LogP contribution in [0.1, 0.15) is 30.7 Å². The molecule has 2 aliphatic heterocycles. The second-order valence-corrected chi connectivity index (χ2v) is 9.55. The molecule has 2 N–H and O–H groups in total. The van der Waals surface area contributed by atoms with E-state index in [1.54, 1.807) is 30.9 Å². The van der Waals surface area contributed by atoms with Gasteiger partial charge in [-0.2, -0.15) is 0 Å². The summed E-state index contributed by atoms with van der Waals surface area (Å²) in [6, 6.07) is 13.8. The van der Waals surface area contributed by atoms with Gasteiger partial charge >= 0.3 is 5.97 Å². The number of hydrogen-bond donors (Lipinski definition) is 2. The fraction of sp³-hybridized carbons (Fsp3) is 0.360. The number of nitrogens with zero attached hydrogens (tertiary/aromatic N) is 3. The molecule has 1 amide bonds. The van der Waals surface area contributed by atoms with Gasteiger partial charge in [-0.3, -0.25) is 9.59 Å². The van der Waals surface area contributed by atoms with E-state index in [9.17, 15) is 24.2 Å². The van der Waals surface area contributed by atoms with Crippen molar-refractivity contribution in [1.82, 2.24) is 14.4 Å². The van der Waals surface area contributed by atoms with E-state index in [1.807, 2.05) is 24.3 Å². The number of para-hydroxylation sites is 1. The van der Waals surface area contributed by atoms with Crippen molar-refractivity contribution in [1.29, 1.82) is 0 Å². The Morgan fingerprint density at radius 3 is 2.55 bits per heavy atom. The second-order valence-electron chi connectivity index (χ2n) is 9.55. The molecule has 2 aromatic carbocycles. The summed E-state index contributed by atoms with van der Waals surface area (Å²) in [5, 5.41) is 21.5. The minimum Gasteiger partial charge on any atom is -0.481 e. The van der Waals surface area contributed by atoms with Crippen LogP contribution >= 0.6 is 0 Å². The smallest absolute Gasteiger partial charge is 0.310 e.